The lowest BCUT2D eigenvalue weighted by Gasteiger charge is -2.33. The minimum Gasteiger partial charge on any atom is -0.397 e. The number of nitrogen functional groups attached to an aromatic ring is 1. The number of nitro groups is 1. The lowest BCUT2D eigenvalue weighted by molar-refractivity contribution is -0.384. The molecule has 0 heterocycles. The van der Waals surface area contributed by atoms with Crippen molar-refractivity contribution in [3.63, 3.8) is 0 Å². The second kappa shape index (κ2) is 6.11. The zero-order valence-corrected chi connectivity index (χ0v) is 12.2. The van der Waals surface area contributed by atoms with Crippen LogP contribution in [0.3, 0.4) is 0 Å². The number of anilines is 2. The van der Waals surface area contributed by atoms with Crippen LogP contribution in [0.4, 0.5) is 17.1 Å². The van der Waals surface area contributed by atoms with Crippen molar-refractivity contribution in [2.45, 2.75) is 45.6 Å². The molecule has 2 N–H and O–H groups in total. The van der Waals surface area contributed by atoms with Crippen LogP contribution in [-0.2, 0) is 0 Å². The predicted molar refractivity (Wildman–Crippen MR) is 81.9 cm³/mol. The van der Waals surface area contributed by atoms with Gasteiger partial charge in [0, 0.05) is 24.7 Å². The molecule has 0 bridgehead atoms. The predicted octanol–water partition coefficient (Wildman–Crippen LogP) is 3.58. The molecule has 5 heteroatoms. The number of non-ortho nitro benzene ring substituents is 1. The third-order valence-corrected chi connectivity index (χ3v) is 3.86. The van der Waals surface area contributed by atoms with Gasteiger partial charge in [-0.1, -0.05) is 26.7 Å². The summed E-state index contributed by atoms with van der Waals surface area (Å²) in [6, 6.07) is 5.33. The Morgan fingerprint density at radius 2 is 2.05 bits per heavy atom. The maximum atomic E-state index is 10.8. The van der Waals surface area contributed by atoms with Gasteiger partial charge >= 0.3 is 0 Å². The van der Waals surface area contributed by atoms with Gasteiger partial charge in [0.05, 0.1) is 16.3 Å². The Morgan fingerprint density at radius 3 is 2.55 bits per heavy atom. The van der Waals surface area contributed by atoms with Crippen molar-refractivity contribution < 1.29 is 4.92 Å². The fraction of sp³-hybridized carbons (Fsp3) is 0.600. The summed E-state index contributed by atoms with van der Waals surface area (Å²) in [5.74, 6) is 0.533. The van der Waals surface area contributed by atoms with Crippen LogP contribution in [0, 0.1) is 16.0 Å². The number of hydrogen-bond donors (Lipinski definition) is 1. The first-order chi connectivity index (χ1) is 9.49. The summed E-state index contributed by atoms with van der Waals surface area (Å²) < 4.78 is 0. The summed E-state index contributed by atoms with van der Waals surface area (Å²) in [5.41, 5.74) is 7.56. The van der Waals surface area contributed by atoms with E-state index in [1.165, 1.54) is 31.7 Å². The molecule has 2 rings (SSSR count). The molecule has 1 aliphatic rings. The van der Waals surface area contributed by atoms with Gasteiger partial charge in [0.2, 0.25) is 0 Å². The molecule has 0 saturated heterocycles. The molecule has 0 radical (unpaired) electrons. The molecule has 0 amide bonds. The Labute approximate surface area is 119 Å². The minimum absolute atomic E-state index is 0.0576. The third kappa shape index (κ3) is 3.21. The zero-order valence-electron chi connectivity index (χ0n) is 12.2. The summed E-state index contributed by atoms with van der Waals surface area (Å²) >= 11 is 0. The molecular formula is C15H23N3O2. The van der Waals surface area contributed by atoms with E-state index < -0.39 is 4.92 Å². The third-order valence-electron chi connectivity index (χ3n) is 3.86. The van der Waals surface area contributed by atoms with E-state index in [0.29, 0.717) is 17.6 Å². The molecule has 1 aromatic carbocycles. The van der Waals surface area contributed by atoms with E-state index in [1.54, 1.807) is 12.1 Å². The van der Waals surface area contributed by atoms with Gasteiger partial charge in [-0.25, -0.2) is 0 Å². The first kappa shape index (κ1) is 14.6. The Bertz CT molecular complexity index is 482. The molecule has 110 valence electrons. The highest BCUT2D eigenvalue weighted by Gasteiger charge is 2.25. The molecule has 1 saturated carbocycles. The first-order valence-corrected chi connectivity index (χ1v) is 7.29. The molecule has 0 aliphatic heterocycles. The summed E-state index contributed by atoms with van der Waals surface area (Å²) in [6.45, 7) is 5.31. The summed E-state index contributed by atoms with van der Waals surface area (Å²) in [6.07, 6.45) is 4.88. The van der Waals surface area contributed by atoms with Crippen molar-refractivity contribution in [2.24, 2.45) is 5.92 Å². The number of rotatable bonds is 5. The van der Waals surface area contributed by atoms with Crippen LogP contribution in [0.25, 0.3) is 0 Å². The largest absolute Gasteiger partial charge is 0.397 e. The lowest BCUT2D eigenvalue weighted by atomic mass is 10.1. The zero-order chi connectivity index (χ0) is 14.7. The van der Waals surface area contributed by atoms with E-state index in [4.69, 9.17) is 5.73 Å². The Balaban J connectivity index is 2.30. The average molecular weight is 277 g/mol. The number of hydrogen-bond acceptors (Lipinski definition) is 4. The van der Waals surface area contributed by atoms with Gasteiger partial charge in [-0.2, -0.15) is 0 Å². The topological polar surface area (TPSA) is 72.4 Å². The Morgan fingerprint density at radius 1 is 1.40 bits per heavy atom. The SMILES string of the molecule is CC(C)CN(c1ccc([N+](=O)[O-])cc1N)C1CCCC1. The van der Waals surface area contributed by atoms with Crippen LogP contribution in [-0.4, -0.2) is 17.5 Å². The van der Waals surface area contributed by atoms with Gasteiger partial charge in [-0.05, 0) is 24.8 Å². The number of nitrogens with two attached hydrogens (primary N) is 1. The van der Waals surface area contributed by atoms with Gasteiger partial charge in [0.15, 0.2) is 0 Å². The van der Waals surface area contributed by atoms with Crippen molar-refractivity contribution in [3.05, 3.63) is 28.3 Å². The van der Waals surface area contributed by atoms with Gasteiger partial charge in [0.25, 0.3) is 5.69 Å². The van der Waals surface area contributed by atoms with Crippen molar-refractivity contribution in [1.82, 2.24) is 0 Å². The molecule has 1 aromatic rings. The van der Waals surface area contributed by atoms with E-state index in [2.05, 4.69) is 18.7 Å². The highest BCUT2D eigenvalue weighted by molar-refractivity contribution is 5.71. The maximum Gasteiger partial charge on any atom is 0.271 e. The van der Waals surface area contributed by atoms with Crippen LogP contribution < -0.4 is 10.6 Å². The maximum absolute atomic E-state index is 10.8. The van der Waals surface area contributed by atoms with Crippen LogP contribution in [0.5, 0.6) is 0 Å². The average Bonchev–Trinajstić information content (AvgIpc) is 2.89. The van der Waals surface area contributed by atoms with E-state index in [1.807, 2.05) is 0 Å². The highest BCUT2D eigenvalue weighted by atomic mass is 16.6. The highest BCUT2D eigenvalue weighted by Crippen LogP contribution is 2.34. The van der Waals surface area contributed by atoms with E-state index in [9.17, 15) is 10.1 Å². The van der Waals surface area contributed by atoms with Crippen molar-refractivity contribution in [2.75, 3.05) is 17.2 Å². The van der Waals surface area contributed by atoms with Crippen LogP contribution in [0.1, 0.15) is 39.5 Å². The van der Waals surface area contributed by atoms with E-state index in [-0.39, 0.29) is 5.69 Å². The minimum atomic E-state index is -0.400. The van der Waals surface area contributed by atoms with Crippen LogP contribution >= 0.6 is 0 Å². The molecule has 1 fully saturated rings. The molecule has 5 nitrogen and oxygen atoms in total. The van der Waals surface area contributed by atoms with E-state index >= 15 is 0 Å². The molecule has 0 aromatic heterocycles. The summed E-state index contributed by atoms with van der Waals surface area (Å²) in [5, 5.41) is 10.8. The van der Waals surface area contributed by atoms with Gasteiger partial charge in [0.1, 0.15) is 0 Å². The fourth-order valence-corrected chi connectivity index (χ4v) is 2.97. The monoisotopic (exact) mass is 277 g/mol. The van der Waals surface area contributed by atoms with Crippen molar-refractivity contribution in [1.29, 1.82) is 0 Å². The number of nitro benzene ring substituents is 1. The smallest absolute Gasteiger partial charge is 0.271 e. The normalized spacial score (nSPS) is 15.8. The van der Waals surface area contributed by atoms with Gasteiger partial charge in [-0.3, -0.25) is 10.1 Å². The standard InChI is InChI=1S/C15H23N3O2/c1-11(2)10-17(12-5-3-4-6-12)15-8-7-13(18(19)20)9-14(15)16/h7-9,11-12H,3-6,10,16H2,1-2H3. The summed E-state index contributed by atoms with van der Waals surface area (Å²) in [7, 11) is 0. The number of benzene rings is 1. The second-order valence-electron chi connectivity index (χ2n) is 5.98. The lowest BCUT2D eigenvalue weighted by Crippen LogP contribution is -2.36. The van der Waals surface area contributed by atoms with Gasteiger partial charge in [-0.15, -0.1) is 0 Å². The molecular weight excluding hydrogens is 254 g/mol. The summed E-state index contributed by atoms with van der Waals surface area (Å²) in [4.78, 5) is 12.7. The van der Waals surface area contributed by atoms with Gasteiger partial charge < -0.3 is 10.6 Å². The molecule has 0 unspecified atom stereocenters. The van der Waals surface area contributed by atoms with E-state index in [0.717, 1.165) is 12.2 Å². The first-order valence-electron chi connectivity index (χ1n) is 7.29. The van der Waals surface area contributed by atoms with Crippen LogP contribution in [0.2, 0.25) is 0 Å². The fourth-order valence-electron chi connectivity index (χ4n) is 2.97. The second-order valence-corrected chi connectivity index (χ2v) is 5.98. The van der Waals surface area contributed by atoms with Crippen LogP contribution in [0.15, 0.2) is 18.2 Å². The Hall–Kier alpha value is -1.78. The molecule has 0 atom stereocenters. The van der Waals surface area contributed by atoms with Crippen molar-refractivity contribution in [3.8, 4) is 0 Å². The number of nitrogens with zero attached hydrogens (tertiary/aromatic N) is 2. The molecule has 0 spiro atoms. The van der Waals surface area contributed by atoms with Crippen molar-refractivity contribution >= 4 is 17.1 Å². The molecule has 1 aliphatic carbocycles. The molecule has 20 heavy (non-hydrogen) atoms. The Kier molecular flexibility index (Phi) is 4.47. The quantitative estimate of drug-likeness (QED) is 0.507.